The highest BCUT2D eigenvalue weighted by Crippen LogP contribution is 2.35. The summed E-state index contributed by atoms with van der Waals surface area (Å²) in [6.07, 6.45) is 14.7. The molecule has 3 N–H and O–H groups in total. The van der Waals surface area contributed by atoms with E-state index < -0.39 is 0 Å². The normalized spacial score (nSPS) is 11.3. The monoisotopic (exact) mass is 451 g/mol. The average molecular weight is 452 g/mol. The number of aromatic hydroxyl groups is 2. The zero-order chi connectivity index (χ0) is 24.2. The standard InChI is InChI=1S/C27H37N3O3/c1-5-6-7-11-22-14-24(31)23(13-12-20(4)10-8-9-19(2)3)26(32)25(22)27(33)30-17-21-15-28-18-29-16-21/h9,12,14-16,18,31-32H,5-8,10-11,13,17H2,1-4H3,(H,30,33)/b20-12+. The third-order valence-electron chi connectivity index (χ3n) is 5.55. The molecule has 6 nitrogen and oxygen atoms in total. The minimum Gasteiger partial charge on any atom is -0.508 e. The first-order valence-electron chi connectivity index (χ1n) is 11.7. The van der Waals surface area contributed by atoms with Crippen LogP contribution in [0.25, 0.3) is 0 Å². The molecule has 0 fully saturated rings. The lowest BCUT2D eigenvalue weighted by Gasteiger charge is -2.16. The third kappa shape index (κ3) is 8.37. The van der Waals surface area contributed by atoms with Crippen molar-refractivity contribution in [2.45, 2.75) is 79.2 Å². The van der Waals surface area contributed by atoms with E-state index in [-0.39, 0.29) is 29.5 Å². The van der Waals surface area contributed by atoms with Gasteiger partial charge < -0.3 is 15.5 Å². The summed E-state index contributed by atoms with van der Waals surface area (Å²) in [4.78, 5) is 21.0. The fourth-order valence-electron chi connectivity index (χ4n) is 3.62. The molecular weight excluding hydrogens is 414 g/mol. The molecule has 0 aliphatic rings. The smallest absolute Gasteiger partial charge is 0.255 e. The van der Waals surface area contributed by atoms with Gasteiger partial charge in [0.25, 0.3) is 5.91 Å². The van der Waals surface area contributed by atoms with Crippen molar-refractivity contribution in [1.82, 2.24) is 15.3 Å². The molecular formula is C27H37N3O3. The van der Waals surface area contributed by atoms with Gasteiger partial charge in [0.1, 0.15) is 17.8 Å². The first-order valence-corrected chi connectivity index (χ1v) is 11.7. The first-order chi connectivity index (χ1) is 15.8. The van der Waals surface area contributed by atoms with Crippen LogP contribution in [0, 0.1) is 0 Å². The van der Waals surface area contributed by atoms with Crippen LogP contribution in [0.2, 0.25) is 0 Å². The second-order valence-electron chi connectivity index (χ2n) is 8.72. The number of benzene rings is 1. The van der Waals surface area contributed by atoms with Crippen LogP contribution in [0.4, 0.5) is 0 Å². The van der Waals surface area contributed by atoms with Gasteiger partial charge in [-0.15, -0.1) is 0 Å². The van der Waals surface area contributed by atoms with Crippen LogP contribution in [0.15, 0.2) is 48.1 Å². The van der Waals surface area contributed by atoms with E-state index in [1.165, 1.54) is 17.5 Å². The van der Waals surface area contributed by atoms with Crippen LogP contribution in [0.3, 0.4) is 0 Å². The van der Waals surface area contributed by atoms with Crippen LogP contribution >= 0.6 is 0 Å². The van der Waals surface area contributed by atoms with Crippen molar-refractivity contribution in [2.24, 2.45) is 0 Å². The number of aryl methyl sites for hydroxylation is 1. The van der Waals surface area contributed by atoms with Gasteiger partial charge in [0.05, 0.1) is 5.56 Å². The number of hydrogen-bond acceptors (Lipinski definition) is 5. The number of carbonyl (C=O) groups is 1. The van der Waals surface area contributed by atoms with Crippen molar-refractivity contribution in [1.29, 1.82) is 0 Å². The first kappa shape index (κ1) is 26.1. The zero-order valence-corrected chi connectivity index (χ0v) is 20.3. The third-order valence-corrected chi connectivity index (χ3v) is 5.55. The molecule has 1 heterocycles. The van der Waals surface area contributed by atoms with Crippen molar-refractivity contribution >= 4 is 5.91 Å². The van der Waals surface area contributed by atoms with Gasteiger partial charge in [-0.05, 0) is 64.5 Å². The Balaban J connectivity index is 2.28. The van der Waals surface area contributed by atoms with Gasteiger partial charge in [0.15, 0.2) is 0 Å². The van der Waals surface area contributed by atoms with Gasteiger partial charge in [0, 0.05) is 30.1 Å². The van der Waals surface area contributed by atoms with E-state index in [1.807, 2.05) is 13.0 Å². The van der Waals surface area contributed by atoms with Crippen LogP contribution in [-0.2, 0) is 19.4 Å². The number of phenols is 2. The summed E-state index contributed by atoms with van der Waals surface area (Å²) in [6, 6.07) is 1.64. The number of carbonyl (C=O) groups excluding carboxylic acids is 1. The minimum absolute atomic E-state index is 0.0281. The maximum absolute atomic E-state index is 13.1. The predicted octanol–water partition coefficient (Wildman–Crippen LogP) is 5.79. The van der Waals surface area contributed by atoms with E-state index in [1.54, 1.807) is 18.5 Å². The van der Waals surface area contributed by atoms with Crippen LogP contribution in [0.1, 0.15) is 86.8 Å². The quantitative estimate of drug-likeness (QED) is 0.281. The van der Waals surface area contributed by atoms with Crippen LogP contribution in [-0.4, -0.2) is 26.1 Å². The summed E-state index contributed by atoms with van der Waals surface area (Å²) < 4.78 is 0. The summed E-state index contributed by atoms with van der Waals surface area (Å²) in [5.41, 5.74) is 4.51. The molecule has 178 valence electrons. The Hall–Kier alpha value is -3.15. The molecule has 6 heteroatoms. The van der Waals surface area contributed by atoms with E-state index in [9.17, 15) is 15.0 Å². The Labute approximate surface area is 197 Å². The molecule has 0 bridgehead atoms. The molecule has 0 unspecified atom stereocenters. The van der Waals surface area contributed by atoms with Crippen molar-refractivity contribution in [3.05, 3.63) is 70.3 Å². The van der Waals surface area contributed by atoms with Gasteiger partial charge >= 0.3 is 0 Å². The Morgan fingerprint density at radius 3 is 2.48 bits per heavy atom. The highest BCUT2D eigenvalue weighted by Gasteiger charge is 2.22. The van der Waals surface area contributed by atoms with Crippen molar-refractivity contribution < 1.29 is 15.0 Å². The average Bonchev–Trinajstić information content (AvgIpc) is 2.78. The summed E-state index contributed by atoms with van der Waals surface area (Å²) in [5.74, 6) is -0.481. The summed E-state index contributed by atoms with van der Waals surface area (Å²) in [5, 5.41) is 24.6. The lowest BCUT2D eigenvalue weighted by atomic mass is 9.94. The molecule has 2 rings (SSSR count). The number of phenolic OH excluding ortho intramolecular Hbond substituents is 2. The molecule has 1 amide bonds. The predicted molar refractivity (Wildman–Crippen MR) is 132 cm³/mol. The molecule has 0 aliphatic carbocycles. The number of nitrogens with one attached hydrogen (secondary N) is 1. The van der Waals surface area contributed by atoms with E-state index in [2.05, 4.69) is 42.1 Å². The molecule has 0 atom stereocenters. The second-order valence-corrected chi connectivity index (χ2v) is 8.72. The lowest BCUT2D eigenvalue weighted by Crippen LogP contribution is -2.24. The number of allylic oxidation sites excluding steroid dienone is 4. The van der Waals surface area contributed by atoms with Crippen LogP contribution in [0.5, 0.6) is 11.5 Å². The molecule has 0 aliphatic heterocycles. The van der Waals surface area contributed by atoms with Crippen LogP contribution < -0.4 is 5.32 Å². The molecule has 2 aromatic rings. The number of unbranched alkanes of at least 4 members (excludes halogenated alkanes) is 2. The number of nitrogens with zero attached hydrogens (tertiary/aromatic N) is 2. The zero-order valence-electron chi connectivity index (χ0n) is 20.3. The summed E-state index contributed by atoms with van der Waals surface area (Å²) in [7, 11) is 0. The molecule has 0 saturated heterocycles. The van der Waals surface area contributed by atoms with Gasteiger partial charge in [-0.25, -0.2) is 9.97 Å². The fraction of sp³-hybridized carbons (Fsp3) is 0.444. The molecule has 33 heavy (non-hydrogen) atoms. The Morgan fingerprint density at radius 2 is 1.82 bits per heavy atom. The van der Waals surface area contributed by atoms with Crippen molar-refractivity contribution in [3.8, 4) is 11.5 Å². The topological polar surface area (TPSA) is 95.3 Å². The fourth-order valence-corrected chi connectivity index (χ4v) is 3.62. The van der Waals surface area contributed by atoms with Gasteiger partial charge in [-0.3, -0.25) is 4.79 Å². The van der Waals surface area contributed by atoms with Gasteiger partial charge in [-0.1, -0.05) is 43.1 Å². The number of aromatic nitrogens is 2. The lowest BCUT2D eigenvalue weighted by molar-refractivity contribution is 0.0947. The van der Waals surface area contributed by atoms with Gasteiger partial charge in [0.2, 0.25) is 0 Å². The van der Waals surface area contributed by atoms with E-state index in [0.29, 0.717) is 24.0 Å². The Kier molecular flexibility index (Phi) is 10.6. The molecule has 0 saturated carbocycles. The highest BCUT2D eigenvalue weighted by molar-refractivity contribution is 5.99. The maximum Gasteiger partial charge on any atom is 0.255 e. The molecule has 0 spiro atoms. The number of rotatable bonds is 12. The van der Waals surface area contributed by atoms with Gasteiger partial charge in [-0.2, -0.15) is 0 Å². The largest absolute Gasteiger partial charge is 0.508 e. The van der Waals surface area contributed by atoms with E-state index in [0.717, 1.165) is 37.7 Å². The molecule has 1 aromatic carbocycles. The summed E-state index contributed by atoms with van der Waals surface area (Å²) in [6.45, 7) is 8.57. The van der Waals surface area contributed by atoms with Crippen molar-refractivity contribution in [3.63, 3.8) is 0 Å². The highest BCUT2D eigenvalue weighted by atomic mass is 16.3. The number of hydrogen-bond donors (Lipinski definition) is 3. The second kappa shape index (κ2) is 13.4. The molecule has 0 radical (unpaired) electrons. The SMILES string of the molecule is CCCCCc1cc(O)c(C/C=C(\C)CCC=C(C)C)c(O)c1C(=O)NCc1cncnc1. The number of amides is 1. The summed E-state index contributed by atoms with van der Waals surface area (Å²) >= 11 is 0. The maximum atomic E-state index is 13.1. The van der Waals surface area contributed by atoms with Crippen molar-refractivity contribution in [2.75, 3.05) is 0 Å². The molecule has 1 aromatic heterocycles. The Morgan fingerprint density at radius 1 is 1.09 bits per heavy atom. The van der Waals surface area contributed by atoms with E-state index in [4.69, 9.17) is 0 Å². The van der Waals surface area contributed by atoms with E-state index >= 15 is 0 Å². The Bertz CT molecular complexity index is 978. The minimum atomic E-state index is -0.367.